The number of thioether (sulfide) groups is 1. The zero-order valence-electron chi connectivity index (χ0n) is 16.8. The van der Waals surface area contributed by atoms with Crippen molar-refractivity contribution in [2.75, 3.05) is 6.61 Å². The molecule has 0 spiro atoms. The van der Waals surface area contributed by atoms with E-state index in [9.17, 15) is 32.8 Å². The van der Waals surface area contributed by atoms with E-state index in [1.807, 2.05) is 0 Å². The SMILES string of the molecule is CC(=O)OC[C@H]1SC(C(F)(F)OC(C)=O)[C@H](OC(C)=O)[C@@H](OC(C)=O)[C@@H]1OC(C)=O. The van der Waals surface area contributed by atoms with Crippen LogP contribution in [-0.2, 0) is 47.7 Å². The zero-order chi connectivity index (χ0) is 23.2. The monoisotopic (exact) mass is 456 g/mol. The van der Waals surface area contributed by atoms with Crippen LogP contribution in [0.5, 0.6) is 0 Å². The molecular formula is C17H22F2O10S. The normalized spacial score (nSPS) is 26.2. The van der Waals surface area contributed by atoms with Crippen molar-refractivity contribution < 1.29 is 56.4 Å². The minimum Gasteiger partial charge on any atom is -0.465 e. The van der Waals surface area contributed by atoms with Gasteiger partial charge in [0.2, 0.25) is 0 Å². The average molecular weight is 456 g/mol. The Kier molecular flexibility index (Phi) is 9.00. The Bertz CT molecular complexity index is 698. The molecule has 0 N–H and O–H groups in total. The predicted octanol–water partition coefficient (Wildman–Crippen LogP) is 0.984. The molecule has 0 aromatic carbocycles. The molecule has 10 nitrogen and oxygen atoms in total. The van der Waals surface area contributed by atoms with Crippen LogP contribution in [-0.4, -0.2) is 71.4 Å². The largest absolute Gasteiger partial charge is 0.465 e. The maximum absolute atomic E-state index is 14.7. The number of ether oxygens (including phenoxy) is 5. The van der Waals surface area contributed by atoms with Crippen molar-refractivity contribution in [3.8, 4) is 0 Å². The third-order valence-corrected chi connectivity index (χ3v) is 5.19. The van der Waals surface area contributed by atoms with E-state index < -0.39 is 71.4 Å². The number of rotatable bonds is 7. The average Bonchev–Trinajstić information content (AvgIpc) is 2.54. The van der Waals surface area contributed by atoms with Crippen LogP contribution in [0.3, 0.4) is 0 Å². The van der Waals surface area contributed by atoms with E-state index in [0.29, 0.717) is 11.8 Å². The predicted molar refractivity (Wildman–Crippen MR) is 95.2 cm³/mol. The van der Waals surface area contributed by atoms with E-state index in [2.05, 4.69) is 4.74 Å². The summed E-state index contributed by atoms with van der Waals surface area (Å²) in [5.74, 6) is -4.85. The molecule has 0 saturated carbocycles. The van der Waals surface area contributed by atoms with Crippen LogP contribution >= 0.6 is 11.8 Å². The molecule has 1 rings (SSSR count). The molecule has 1 aliphatic heterocycles. The van der Waals surface area contributed by atoms with Crippen LogP contribution < -0.4 is 0 Å². The molecule has 1 fully saturated rings. The summed E-state index contributed by atoms with van der Waals surface area (Å²) in [6.07, 6.45) is -9.14. The lowest BCUT2D eigenvalue weighted by Crippen LogP contribution is -2.62. The van der Waals surface area contributed by atoms with Crippen LogP contribution in [0, 0.1) is 0 Å². The van der Waals surface area contributed by atoms with E-state index >= 15 is 0 Å². The van der Waals surface area contributed by atoms with Gasteiger partial charge in [0.1, 0.15) is 11.9 Å². The van der Waals surface area contributed by atoms with E-state index in [1.54, 1.807) is 0 Å². The highest BCUT2D eigenvalue weighted by Gasteiger charge is 2.61. The van der Waals surface area contributed by atoms with Crippen LogP contribution in [0.4, 0.5) is 8.78 Å². The topological polar surface area (TPSA) is 132 Å². The number of carbonyl (C=O) groups is 5. The number of carbonyl (C=O) groups excluding carboxylic acids is 5. The minimum absolute atomic E-state index is 0.403. The van der Waals surface area contributed by atoms with Gasteiger partial charge < -0.3 is 23.7 Å². The second kappa shape index (κ2) is 10.5. The van der Waals surface area contributed by atoms with Crippen LogP contribution in [0.2, 0.25) is 0 Å². The lowest BCUT2D eigenvalue weighted by molar-refractivity contribution is -0.249. The third kappa shape index (κ3) is 7.43. The van der Waals surface area contributed by atoms with Crippen molar-refractivity contribution in [2.24, 2.45) is 0 Å². The first kappa shape index (κ1) is 25.6. The Morgan fingerprint density at radius 3 is 1.63 bits per heavy atom. The molecule has 0 bridgehead atoms. The number of alkyl halides is 2. The summed E-state index contributed by atoms with van der Waals surface area (Å²) in [4.78, 5) is 57.1. The summed E-state index contributed by atoms with van der Waals surface area (Å²) in [5, 5.41) is -3.23. The maximum Gasteiger partial charge on any atom is 0.415 e. The van der Waals surface area contributed by atoms with Crippen molar-refractivity contribution in [3.05, 3.63) is 0 Å². The molecule has 1 unspecified atom stereocenters. The summed E-state index contributed by atoms with van der Waals surface area (Å²) in [6.45, 7) is 4.25. The molecule has 0 radical (unpaired) electrons. The van der Waals surface area contributed by atoms with Gasteiger partial charge in [-0.15, -0.1) is 11.8 Å². The van der Waals surface area contributed by atoms with Gasteiger partial charge in [0, 0.05) is 34.6 Å². The molecule has 13 heteroatoms. The van der Waals surface area contributed by atoms with Gasteiger partial charge in [0.15, 0.2) is 18.3 Å². The summed E-state index contributed by atoms with van der Waals surface area (Å²) in [6, 6.07) is 0. The molecule has 5 atom stereocenters. The molecule has 170 valence electrons. The lowest BCUT2D eigenvalue weighted by Gasteiger charge is -2.45. The second-order valence-electron chi connectivity index (χ2n) is 6.28. The van der Waals surface area contributed by atoms with E-state index in [0.717, 1.165) is 34.6 Å². The fourth-order valence-corrected chi connectivity index (χ4v) is 4.21. The Morgan fingerprint density at radius 1 is 0.733 bits per heavy atom. The molecule has 1 aliphatic rings. The second-order valence-corrected chi connectivity index (χ2v) is 7.66. The van der Waals surface area contributed by atoms with E-state index in [4.69, 9.17) is 18.9 Å². The van der Waals surface area contributed by atoms with Gasteiger partial charge in [0.25, 0.3) is 0 Å². The molecule has 30 heavy (non-hydrogen) atoms. The van der Waals surface area contributed by atoms with Gasteiger partial charge in [-0.05, 0) is 0 Å². The van der Waals surface area contributed by atoms with E-state index in [-0.39, 0.29) is 0 Å². The molecule has 0 aliphatic carbocycles. The molecule has 0 amide bonds. The summed E-state index contributed by atoms with van der Waals surface area (Å²) >= 11 is 0.403. The van der Waals surface area contributed by atoms with Crippen molar-refractivity contribution >= 4 is 41.6 Å². The molecule has 1 heterocycles. The number of hydrogen-bond acceptors (Lipinski definition) is 11. The summed E-state index contributed by atoms with van der Waals surface area (Å²) < 4.78 is 53.5. The Morgan fingerprint density at radius 2 is 1.20 bits per heavy atom. The van der Waals surface area contributed by atoms with Crippen LogP contribution in [0.1, 0.15) is 34.6 Å². The fraction of sp³-hybridized carbons (Fsp3) is 0.706. The summed E-state index contributed by atoms with van der Waals surface area (Å²) in [7, 11) is 0. The first-order valence-corrected chi connectivity index (χ1v) is 9.56. The summed E-state index contributed by atoms with van der Waals surface area (Å²) in [5.41, 5.74) is 0. The van der Waals surface area contributed by atoms with Gasteiger partial charge in [-0.3, -0.25) is 24.0 Å². The third-order valence-electron chi connectivity index (χ3n) is 3.60. The minimum atomic E-state index is -4.18. The quantitative estimate of drug-likeness (QED) is 0.401. The highest BCUT2D eigenvalue weighted by molar-refractivity contribution is 8.00. The highest BCUT2D eigenvalue weighted by atomic mass is 32.2. The fourth-order valence-electron chi connectivity index (χ4n) is 2.75. The van der Waals surface area contributed by atoms with Crippen molar-refractivity contribution in [2.45, 2.75) is 69.5 Å². The Hall–Kier alpha value is -2.44. The maximum atomic E-state index is 14.7. The van der Waals surface area contributed by atoms with E-state index in [1.165, 1.54) is 0 Å². The standard InChI is InChI=1S/C17H22F2O10S/c1-7(20)25-6-12-13(26-8(2)21)14(27-9(3)22)15(28-10(4)23)16(30-12)17(18,19)29-11(5)24/h12-16H,6H2,1-5H3/t12-,13-,14+,15-,16?/m1/s1. The first-order valence-electron chi connectivity index (χ1n) is 8.62. The van der Waals surface area contributed by atoms with Gasteiger partial charge in [0.05, 0.1) is 5.25 Å². The zero-order valence-corrected chi connectivity index (χ0v) is 17.7. The van der Waals surface area contributed by atoms with Crippen LogP contribution in [0.15, 0.2) is 0 Å². The first-order chi connectivity index (χ1) is 13.7. The van der Waals surface area contributed by atoms with Crippen molar-refractivity contribution in [1.29, 1.82) is 0 Å². The lowest BCUT2D eigenvalue weighted by atomic mass is 9.99. The van der Waals surface area contributed by atoms with Gasteiger partial charge in [-0.2, -0.15) is 8.78 Å². The smallest absolute Gasteiger partial charge is 0.415 e. The van der Waals surface area contributed by atoms with Crippen molar-refractivity contribution in [3.63, 3.8) is 0 Å². The van der Waals surface area contributed by atoms with Crippen molar-refractivity contribution in [1.82, 2.24) is 0 Å². The van der Waals surface area contributed by atoms with Crippen LogP contribution in [0.25, 0.3) is 0 Å². The van der Waals surface area contributed by atoms with Gasteiger partial charge in [-0.1, -0.05) is 0 Å². The Balaban J connectivity index is 3.48. The van der Waals surface area contributed by atoms with Gasteiger partial charge in [-0.25, -0.2) is 0 Å². The molecule has 1 saturated heterocycles. The number of esters is 5. The highest BCUT2D eigenvalue weighted by Crippen LogP contribution is 2.45. The molecule has 0 aromatic heterocycles. The number of halogens is 2. The molecule has 0 aromatic rings. The number of hydrogen-bond donors (Lipinski definition) is 0. The van der Waals surface area contributed by atoms with Gasteiger partial charge >= 0.3 is 36.0 Å². The Labute approximate surface area is 174 Å². The molecular weight excluding hydrogens is 434 g/mol.